The Hall–Kier alpha value is -4.80. The predicted octanol–water partition coefficient (Wildman–Crippen LogP) is 3.40. The van der Waals surface area contributed by atoms with E-state index >= 15 is 0 Å². The summed E-state index contributed by atoms with van der Waals surface area (Å²) in [6, 6.07) is 5.21. The van der Waals surface area contributed by atoms with Crippen LogP contribution in [-0.4, -0.2) is 97.3 Å². The van der Waals surface area contributed by atoms with Crippen LogP contribution in [0.3, 0.4) is 0 Å². The maximum atomic E-state index is 14.8. The molecule has 3 N–H and O–H groups in total. The van der Waals surface area contributed by atoms with E-state index in [1.807, 2.05) is 43.3 Å². The smallest absolute Gasteiger partial charge is 0.408 e. The molecule has 7 atom stereocenters. The van der Waals surface area contributed by atoms with E-state index in [2.05, 4.69) is 37.5 Å². The molecule has 7 rings (SSSR count). The van der Waals surface area contributed by atoms with Gasteiger partial charge in [-0.15, -0.1) is 10.2 Å². The zero-order valence-corrected chi connectivity index (χ0v) is 32.9. The number of para-hydroxylation sites is 1. The summed E-state index contributed by atoms with van der Waals surface area (Å²) in [5, 5.41) is 14.5. The quantitative estimate of drug-likeness (QED) is 0.310. The Morgan fingerprint density at radius 3 is 2.56 bits per heavy atom. The molecular formula is C38H50N8O8S. The summed E-state index contributed by atoms with van der Waals surface area (Å²) >= 11 is 0. The molecule has 3 fully saturated rings. The first-order valence-electron chi connectivity index (χ1n) is 19.0. The molecule has 16 nitrogen and oxygen atoms in total. The minimum atomic E-state index is -4.00. The molecule has 0 radical (unpaired) electrons. The Morgan fingerprint density at radius 1 is 1.09 bits per heavy atom. The molecule has 2 aliphatic heterocycles. The van der Waals surface area contributed by atoms with Crippen LogP contribution in [-0.2, 0) is 29.1 Å². The number of nitrogens with one attached hydrogen (secondary N) is 3. The molecule has 7 unspecified atom stereocenters. The van der Waals surface area contributed by atoms with Gasteiger partial charge in [0.15, 0.2) is 0 Å². The van der Waals surface area contributed by atoms with Crippen LogP contribution in [0.4, 0.5) is 4.79 Å². The number of carbonyl (C=O) groups excluding carboxylic acids is 4. The molecule has 1 aromatic carbocycles. The monoisotopic (exact) mass is 778 g/mol. The molecule has 4 heterocycles. The maximum absolute atomic E-state index is 14.8. The fraction of sp³-hybridized carbons (Fsp3) is 0.605. The lowest BCUT2D eigenvalue weighted by Crippen LogP contribution is -2.59. The second kappa shape index (κ2) is 14.0. The number of fused-ring (bicyclic) bond motifs is 5. The van der Waals surface area contributed by atoms with Gasteiger partial charge in [-0.25, -0.2) is 13.2 Å². The Bertz CT molecular complexity index is 2160. The van der Waals surface area contributed by atoms with Crippen LogP contribution in [0.15, 0.2) is 42.7 Å². The molecular weight excluding hydrogens is 729 g/mol. The molecule has 17 heteroatoms. The maximum Gasteiger partial charge on any atom is 0.408 e. The number of hydrogen-bond donors (Lipinski definition) is 3. The van der Waals surface area contributed by atoms with Crippen molar-refractivity contribution in [3.05, 3.63) is 42.7 Å². The summed E-state index contributed by atoms with van der Waals surface area (Å²) in [5.41, 5.74) is -1.62. The van der Waals surface area contributed by atoms with Crippen molar-refractivity contribution in [3.8, 4) is 5.88 Å². The van der Waals surface area contributed by atoms with Crippen molar-refractivity contribution in [2.75, 3.05) is 6.54 Å². The van der Waals surface area contributed by atoms with Crippen molar-refractivity contribution in [3.63, 3.8) is 0 Å². The number of hydrogen-bond acceptors (Lipinski definition) is 11. The number of aromatic nitrogens is 4. The van der Waals surface area contributed by atoms with Crippen LogP contribution in [0.25, 0.3) is 16.7 Å². The summed E-state index contributed by atoms with van der Waals surface area (Å²) < 4.78 is 41.4. The molecule has 2 aliphatic carbocycles. The van der Waals surface area contributed by atoms with Crippen LogP contribution >= 0.6 is 0 Å². The number of amides is 4. The first kappa shape index (κ1) is 38.5. The Labute approximate surface area is 320 Å². The summed E-state index contributed by atoms with van der Waals surface area (Å²) in [6.45, 7) is 10.7. The van der Waals surface area contributed by atoms with E-state index in [-0.39, 0.29) is 37.1 Å². The number of nitrogens with zero attached hydrogens (tertiary/aromatic N) is 5. The normalized spacial score (nSPS) is 29.7. The van der Waals surface area contributed by atoms with Crippen LogP contribution in [0.5, 0.6) is 5.88 Å². The lowest BCUT2D eigenvalue weighted by molar-refractivity contribution is -0.142. The molecule has 4 aliphatic rings. The highest BCUT2D eigenvalue weighted by molar-refractivity contribution is 7.91. The first-order chi connectivity index (χ1) is 25.9. The molecule has 296 valence electrons. The standard InChI is InChI=1S/C38H50N8O8S/c1-22-11-7-8-12-24-19-38(24,33(49)44-55(51,52)37(6)15-16-37)42-30(47)28-18-25(53-31-26-13-9-10-14-27(26)46-21-39-43-34(46)41-31)20-45(28)32(48)29(23(2)17-22)40-35(50)54-36(3,4)5/h8-10,12-14,21-25,28-29H,7,11,15-20H2,1-6H3,(H,40,50)(H,42,47)(H,44,49). The highest BCUT2D eigenvalue weighted by Gasteiger charge is 2.63. The van der Waals surface area contributed by atoms with Gasteiger partial charge in [-0.05, 0) is 90.2 Å². The van der Waals surface area contributed by atoms with E-state index in [0.717, 1.165) is 11.9 Å². The van der Waals surface area contributed by atoms with Crippen molar-refractivity contribution in [1.82, 2.24) is 39.8 Å². The van der Waals surface area contributed by atoms with E-state index < -0.39 is 73.8 Å². The van der Waals surface area contributed by atoms with Gasteiger partial charge in [-0.3, -0.25) is 23.5 Å². The fourth-order valence-corrected chi connectivity index (χ4v) is 9.08. The third-order valence-corrected chi connectivity index (χ3v) is 13.5. The van der Waals surface area contributed by atoms with Gasteiger partial charge in [0.25, 0.3) is 11.7 Å². The fourth-order valence-electron chi connectivity index (χ4n) is 7.77. The van der Waals surface area contributed by atoms with Crippen LogP contribution in [0.1, 0.15) is 86.5 Å². The Morgan fingerprint density at radius 2 is 1.84 bits per heavy atom. The molecule has 2 aromatic heterocycles. The number of carbonyl (C=O) groups is 4. The number of sulfonamides is 1. The van der Waals surface area contributed by atoms with Gasteiger partial charge in [0, 0.05) is 12.3 Å². The molecule has 3 aromatic rings. The van der Waals surface area contributed by atoms with Crippen LogP contribution < -0.4 is 20.1 Å². The lowest BCUT2D eigenvalue weighted by atomic mass is 9.88. The number of allylic oxidation sites excluding steroid dienone is 1. The van der Waals surface area contributed by atoms with Crippen LogP contribution in [0, 0.1) is 17.8 Å². The number of ether oxygens (including phenoxy) is 2. The summed E-state index contributed by atoms with van der Waals surface area (Å²) in [7, 11) is -4.00. The van der Waals surface area contributed by atoms with Gasteiger partial charge in [0.05, 0.1) is 22.2 Å². The van der Waals surface area contributed by atoms with Crippen LogP contribution in [0.2, 0.25) is 0 Å². The van der Waals surface area contributed by atoms with Gasteiger partial charge in [0.2, 0.25) is 27.7 Å². The lowest BCUT2D eigenvalue weighted by Gasteiger charge is -2.33. The average Bonchev–Trinajstić information content (AvgIpc) is 3.89. The molecule has 0 bridgehead atoms. The summed E-state index contributed by atoms with van der Waals surface area (Å²) in [5.74, 6) is -2.08. The minimum Gasteiger partial charge on any atom is -0.472 e. The number of alkyl carbamates (subject to hydrolysis) is 1. The van der Waals surface area contributed by atoms with Gasteiger partial charge in [-0.2, -0.15) is 4.98 Å². The minimum absolute atomic E-state index is 0.0178. The van der Waals surface area contributed by atoms with Gasteiger partial charge in [-0.1, -0.05) is 38.1 Å². The Kier molecular flexibility index (Phi) is 9.83. The summed E-state index contributed by atoms with van der Waals surface area (Å²) in [4.78, 5) is 62.5. The van der Waals surface area contributed by atoms with E-state index in [1.54, 1.807) is 38.4 Å². The van der Waals surface area contributed by atoms with Crippen molar-refractivity contribution >= 4 is 50.5 Å². The number of rotatable bonds is 6. The predicted molar refractivity (Wildman–Crippen MR) is 201 cm³/mol. The first-order valence-corrected chi connectivity index (χ1v) is 20.5. The molecule has 2 saturated carbocycles. The third kappa shape index (κ3) is 7.71. The molecule has 4 amide bonds. The van der Waals surface area contributed by atoms with Crippen molar-refractivity contribution in [2.45, 2.75) is 121 Å². The van der Waals surface area contributed by atoms with E-state index in [0.29, 0.717) is 36.8 Å². The van der Waals surface area contributed by atoms with Gasteiger partial charge < -0.3 is 25.0 Å². The SMILES string of the molecule is CC1CCC=CC2CC2(C(=O)NS(=O)(=O)C2(C)CC2)NC(=O)C2CC(Oc3nc4nncn4c4ccccc34)CN2C(=O)C(NC(=O)OC(C)(C)C)C(C)C1. The Balaban J connectivity index is 1.24. The zero-order chi connectivity index (χ0) is 39.5. The molecule has 1 saturated heterocycles. The molecule has 0 spiro atoms. The second-order valence-corrected chi connectivity index (χ2v) is 19.2. The second-order valence-electron chi connectivity index (χ2n) is 17.0. The van der Waals surface area contributed by atoms with Gasteiger partial charge in [0.1, 0.15) is 35.7 Å². The van der Waals surface area contributed by atoms with Crippen molar-refractivity contribution < 1.29 is 37.1 Å². The van der Waals surface area contributed by atoms with E-state index in [4.69, 9.17) is 9.47 Å². The largest absolute Gasteiger partial charge is 0.472 e. The van der Waals surface area contributed by atoms with Gasteiger partial charge >= 0.3 is 6.09 Å². The van der Waals surface area contributed by atoms with E-state index in [9.17, 15) is 27.6 Å². The van der Waals surface area contributed by atoms with Crippen molar-refractivity contribution in [1.29, 1.82) is 0 Å². The third-order valence-electron chi connectivity index (χ3n) is 11.3. The number of benzene rings is 1. The highest BCUT2D eigenvalue weighted by Crippen LogP contribution is 2.47. The average molecular weight is 779 g/mol. The summed E-state index contributed by atoms with van der Waals surface area (Å²) in [6.07, 6.45) is 6.96. The molecule has 55 heavy (non-hydrogen) atoms. The topological polar surface area (TPSA) is 203 Å². The van der Waals surface area contributed by atoms with Crippen molar-refractivity contribution in [2.24, 2.45) is 17.8 Å². The highest BCUT2D eigenvalue weighted by atomic mass is 32.2. The zero-order valence-electron chi connectivity index (χ0n) is 32.1. The van der Waals surface area contributed by atoms with E-state index in [1.165, 1.54) is 4.90 Å².